The first-order chi connectivity index (χ1) is 13.7. The summed E-state index contributed by atoms with van der Waals surface area (Å²) in [6, 6.07) is 6.90. The molecule has 1 fully saturated rings. The summed E-state index contributed by atoms with van der Waals surface area (Å²) in [6.45, 7) is 0.498. The van der Waals surface area contributed by atoms with Gasteiger partial charge in [-0.1, -0.05) is 6.07 Å². The van der Waals surface area contributed by atoms with E-state index in [1.54, 1.807) is 31.3 Å². The molecular formula is C18H25N5O5S. The van der Waals surface area contributed by atoms with Crippen LogP contribution in [0.2, 0.25) is 0 Å². The van der Waals surface area contributed by atoms with Crippen LogP contribution in [0, 0.1) is 0 Å². The Kier molecular flexibility index (Phi) is 6.08. The number of nitrogens with zero attached hydrogens (tertiary/aromatic N) is 4. The van der Waals surface area contributed by atoms with Crippen LogP contribution in [0.25, 0.3) is 0 Å². The van der Waals surface area contributed by atoms with E-state index in [4.69, 9.17) is 4.74 Å². The molecule has 1 amide bonds. The lowest BCUT2D eigenvalue weighted by Crippen LogP contribution is -2.39. The molecule has 0 spiro atoms. The molecule has 10 nitrogen and oxygen atoms in total. The molecule has 29 heavy (non-hydrogen) atoms. The molecule has 2 heterocycles. The van der Waals surface area contributed by atoms with Gasteiger partial charge in [0.25, 0.3) is 0 Å². The monoisotopic (exact) mass is 423 g/mol. The molecule has 158 valence electrons. The number of hydrogen-bond acceptors (Lipinski definition) is 6. The lowest BCUT2D eigenvalue weighted by molar-refractivity contribution is -0.117. The Morgan fingerprint density at radius 1 is 1.38 bits per heavy atom. The van der Waals surface area contributed by atoms with E-state index in [9.17, 15) is 18.0 Å². The summed E-state index contributed by atoms with van der Waals surface area (Å²) >= 11 is 0. The first kappa shape index (κ1) is 21.1. The van der Waals surface area contributed by atoms with Crippen LogP contribution < -0.4 is 15.7 Å². The predicted molar refractivity (Wildman–Crippen MR) is 107 cm³/mol. The Labute approximate surface area is 169 Å². The van der Waals surface area contributed by atoms with Gasteiger partial charge in [0, 0.05) is 37.8 Å². The van der Waals surface area contributed by atoms with E-state index in [1.165, 1.54) is 22.2 Å². The topological polar surface area (TPSA) is 116 Å². The van der Waals surface area contributed by atoms with Gasteiger partial charge in [0.1, 0.15) is 18.1 Å². The van der Waals surface area contributed by atoms with E-state index >= 15 is 0 Å². The highest BCUT2D eigenvalue weighted by molar-refractivity contribution is 7.88. The maximum absolute atomic E-state index is 12.5. The molecular weight excluding hydrogens is 398 g/mol. The van der Waals surface area contributed by atoms with Crippen molar-refractivity contribution in [2.24, 2.45) is 7.05 Å². The van der Waals surface area contributed by atoms with Gasteiger partial charge >= 0.3 is 5.69 Å². The number of nitrogens with one attached hydrogen (secondary N) is 1. The standard InChI is InChI=1S/C18H25N5O5S/c1-21-17(13-6-5-9-22(11-13)29(3,26)27)20-23(18(21)25)12-16(24)19-14-7-4-8-15(10-14)28-2/h4,7-8,10,13H,5-6,9,11-12H2,1-3H3,(H,19,24). The lowest BCUT2D eigenvalue weighted by atomic mass is 9.99. The minimum Gasteiger partial charge on any atom is -0.497 e. The largest absolute Gasteiger partial charge is 0.497 e. The first-order valence-electron chi connectivity index (χ1n) is 9.22. The van der Waals surface area contributed by atoms with Gasteiger partial charge in [-0.2, -0.15) is 5.10 Å². The molecule has 0 bridgehead atoms. The van der Waals surface area contributed by atoms with E-state index in [-0.39, 0.29) is 19.0 Å². The Hall–Kier alpha value is -2.66. The number of piperidine rings is 1. The Morgan fingerprint density at radius 2 is 2.14 bits per heavy atom. The summed E-state index contributed by atoms with van der Waals surface area (Å²) in [4.78, 5) is 24.9. The van der Waals surface area contributed by atoms with E-state index in [0.29, 0.717) is 30.2 Å². The number of ether oxygens (including phenoxy) is 1. The highest BCUT2D eigenvalue weighted by Crippen LogP contribution is 2.26. The van der Waals surface area contributed by atoms with E-state index in [0.717, 1.165) is 11.1 Å². The number of benzene rings is 1. The Balaban J connectivity index is 1.74. The van der Waals surface area contributed by atoms with Crippen molar-refractivity contribution in [3.8, 4) is 5.75 Å². The fourth-order valence-electron chi connectivity index (χ4n) is 3.45. The Morgan fingerprint density at radius 3 is 2.83 bits per heavy atom. The number of carbonyl (C=O) groups excluding carboxylic acids is 1. The van der Waals surface area contributed by atoms with Crippen LogP contribution in [0.4, 0.5) is 5.69 Å². The molecule has 1 aliphatic heterocycles. The second-order valence-corrected chi connectivity index (χ2v) is 9.08. The number of anilines is 1. The number of methoxy groups -OCH3 is 1. The molecule has 0 saturated carbocycles. The van der Waals surface area contributed by atoms with Crippen LogP contribution >= 0.6 is 0 Å². The van der Waals surface area contributed by atoms with Gasteiger partial charge in [-0.05, 0) is 25.0 Å². The number of amides is 1. The summed E-state index contributed by atoms with van der Waals surface area (Å²) in [7, 11) is -0.188. The fraction of sp³-hybridized carbons (Fsp3) is 0.500. The molecule has 1 saturated heterocycles. The highest BCUT2D eigenvalue weighted by atomic mass is 32.2. The van der Waals surface area contributed by atoms with Crippen LogP contribution in [0.5, 0.6) is 5.75 Å². The SMILES string of the molecule is COc1cccc(NC(=O)Cn2nc(C3CCCN(S(C)(=O)=O)C3)n(C)c2=O)c1. The van der Waals surface area contributed by atoms with Crippen molar-refractivity contribution in [3.63, 3.8) is 0 Å². The van der Waals surface area contributed by atoms with Gasteiger partial charge in [-0.15, -0.1) is 0 Å². The first-order valence-corrected chi connectivity index (χ1v) is 11.1. The van der Waals surface area contributed by atoms with Crippen molar-refractivity contribution in [1.82, 2.24) is 18.7 Å². The molecule has 1 aliphatic rings. The van der Waals surface area contributed by atoms with Crippen molar-refractivity contribution >= 4 is 21.6 Å². The third-order valence-corrected chi connectivity index (χ3v) is 6.21. The second-order valence-electron chi connectivity index (χ2n) is 7.10. The van der Waals surface area contributed by atoms with Crippen molar-refractivity contribution in [3.05, 3.63) is 40.6 Å². The molecule has 1 aromatic heterocycles. The second kappa shape index (κ2) is 8.37. The zero-order valence-corrected chi connectivity index (χ0v) is 17.5. The van der Waals surface area contributed by atoms with Crippen molar-refractivity contribution < 1.29 is 17.9 Å². The molecule has 0 radical (unpaired) electrons. The number of aromatic nitrogens is 3. The summed E-state index contributed by atoms with van der Waals surface area (Å²) in [5.41, 5.74) is 0.131. The maximum atomic E-state index is 12.5. The summed E-state index contributed by atoms with van der Waals surface area (Å²) in [5.74, 6) is 0.496. The van der Waals surface area contributed by atoms with Gasteiger partial charge in [0.15, 0.2) is 0 Å². The summed E-state index contributed by atoms with van der Waals surface area (Å²) in [6.07, 6.45) is 2.59. The van der Waals surface area contributed by atoms with Gasteiger partial charge in [-0.3, -0.25) is 9.36 Å². The van der Waals surface area contributed by atoms with Crippen LogP contribution in [-0.2, 0) is 28.4 Å². The predicted octanol–water partition coefficient (Wildman–Crippen LogP) is 0.368. The average molecular weight is 423 g/mol. The maximum Gasteiger partial charge on any atom is 0.346 e. The minimum absolute atomic E-state index is 0.195. The van der Waals surface area contributed by atoms with Crippen molar-refractivity contribution in [2.75, 3.05) is 31.8 Å². The van der Waals surface area contributed by atoms with Crippen LogP contribution in [0.3, 0.4) is 0 Å². The lowest BCUT2D eigenvalue weighted by Gasteiger charge is -2.30. The summed E-state index contributed by atoms with van der Waals surface area (Å²) in [5, 5.41) is 7.04. The fourth-order valence-corrected chi connectivity index (χ4v) is 4.37. The van der Waals surface area contributed by atoms with E-state index in [2.05, 4.69) is 10.4 Å². The molecule has 1 N–H and O–H groups in total. The van der Waals surface area contributed by atoms with Gasteiger partial charge in [0.05, 0.1) is 13.4 Å². The number of carbonyl (C=O) groups is 1. The molecule has 0 aliphatic carbocycles. The highest BCUT2D eigenvalue weighted by Gasteiger charge is 2.30. The zero-order chi connectivity index (χ0) is 21.2. The Bertz CT molecular complexity index is 1060. The number of hydrogen-bond donors (Lipinski definition) is 1. The molecule has 3 rings (SSSR count). The molecule has 1 atom stereocenters. The average Bonchev–Trinajstić information content (AvgIpc) is 2.96. The molecule has 2 aromatic rings. The third kappa shape index (κ3) is 4.85. The normalized spacial score (nSPS) is 17.8. The zero-order valence-electron chi connectivity index (χ0n) is 16.7. The number of rotatable bonds is 6. The van der Waals surface area contributed by atoms with Crippen LogP contribution in [-0.4, -0.2) is 59.4 Å². The van der Waals surface area contributed by atoms with Gasteiger partial charge in [0.2, 0.25) is 15.9 Å². The molecule has 11 heteroatoms. The molecule has 1 aromatic carbocycles. The number of sulfonamides is 1. The smallest absolute Gasteiger partial charge is 0.346 e. The van der Waals surface area contributed by atoms with Crippen molar-refractivity contribution in [1.29, 1.82) is 0 Å². The van der Waals surface area contributed by atoms with E-state index < -0.39 is 21.6 Å². The molecule has 1 unspecified atom stereocenters. The summed E-state index contributed by atoms with van der Waals surface area (Å²) < 4.78 is 32.7. The van der Waals surface area contributed by atoms with Crippen LogP contribution in [0.1, 0.15) is 24.6 Å². The quantitative estimate of drug-likeness (QED) is 0.718. The van der Waals surface area contributed by atoms with Gasteiger partial charge < -0.3 is 10.1 Å². The van der Waals surface area contributed by atoms with Crippen molar-refractivity contribution in [2.45, 2.75) is 25.3 Å². The minimum atomic E-state index is -3.31. The van der Waals surface area contributed by atoms with Crippen LogP contribution in [0.15, 0.2) is 29.1 Å². The van der Waals surface area contributed by atoms with Gasteiger partial charge in [-0.25, -0.2) is 22.2 Å². The van der Waals surface area contributed by atoms with E-state index in [1.807, 2.05) is 0 Å². The third-order valence-electron chi connectivity index (χ3n) is 4.94.